The van der Waals surface area contributed by atoms with Gasteiger partial charge in [0.1, 0.15) is 11.6 Å². The molecule has 340 valence electrons. The number of alkyl halides is 1. The van der Waals surface area contributed by atoms with Crippen molar-refractivity contribution in [1.29, 1.82) is 0 Å². The van der Waals surface area contributed by atoms with Gasteiger partial charge in [-0.2, -0.15) is 0 Å². The highest BCUT2D eigenvalue weighted by molar-refractivity contribution is 7.92. The van der Waals surface area contributed by atoms with E-state index in [1.54, 1.807) is 28.0 Å². The van der Waals surface area contributed by atoms with Crippen molar-refractivity contribution in [1.82, 2.24) is 24.9 Å². The monoisotopic (exact) mass is 882 g/mol. The molecule has 4 atom stereocenters. The van der Waals surface area contributed by atoms with E-state index in [1.807, 2.05) is 12.1 Å². The minimum absolute atomic E-state index is 0.00788. The third-order valence-corrected chi connectivity index (χ3v) is 17.2. The molecule has 8 rings (SSSR count). The standard InChI is InChI=1S/C47H65F3N6O5S/c1-61-45(58)51-42-14-6-13-40(42)47(34-53-23-9-24-53,36-10-5-11-37(48)28-36)35-18-26-54(27-19-35)31-46(50)32-56(33-46)43-17-16-38(29-41(43)49)62(59,60)39-12-7-25-55(30-39)44(57)15-8-22-52-20-3-2-4-21-52/h5,8,10-11,15-17,28-29,35,39-40,42H,2-4,6-7,9,12-14,18-27,30-34H2,1H3,(H,51,58)/b15-8+/t39-,40-,42-,47-/m0/s1. The second kappa shape index (κ2) is 19.2. The van der Waals surface area contributed by atoms with Gasteiger partial charge in [0.05, 0.1) is 36.0 Å². The Bertz CT molecular complexity index is 2030. The van der Waals surface area contributed by atoms with Crippen LogP contribution in [0.1, 0.15) is 76.2 Å². The van der Waals surface area contributed by atoms with Crippen molar-refractivity contribution in [3.05, 3.63) is 71.8 Å². The Morgan fingerprint density at radius 3 is 2.31 bits per heavy atom. The Hall–Kier alpha value is -3.66. The van der Waals surface area contributed by atoms with E-state index in [9.17, 15) is 18.0 Å². The van der Waals surface area contributed by atoms with Gasteiger partial charge in [-0.15, -0.1) is 0 Å². The predicted molar refractivity (Wildman–Crippen MR) is 234 cm³/mol. The highest BCUT2D eigenvalue weighted by Gasteiger charge is 2.54. The minimum Gasteiger partial charge on any atom is -0.453 e. The summed E-state index contributed by atoms with van der Waals surface area (Å²) in [6.45, 7) is 7.53. The van der Waals surface area contributed by atoms with Crippen LogP contribution in [0.5, 0.6) is 0 Å². The number of alkyl carbamates (subject to hydrolysis) is 1. The van der Waals surface area contributed by atoms with Crippen LogP contribution in [0.15, 0.2) is 59.5 Å². The van der Waals surface area contributed by atoms with Gasteiger partial charge in [0.25, 0.3) is 0 Å². The summed E-state index contributed by atoms with van der Waals surface area (Å²) in [5.41, 5.74) is -0.854. The summed E-state index contributed by atoms with van der Waals surface area (Å²) < 4.78 is 79.8. The SMILES string of the molecule is COC(=O)N[C@H]1CCC[C@@H]1[C@](CN1CCC1)(c1cccc(F)c1)C1CCN(CC2(F)CN(c3ccc(S(=O)(=O)[C@H]4CCCN(C(=O)/C=C/CN5CCCCC5)C4)cc3F)C2)CC1. The third kappa shape index (κ3) is 9.70. The molecule has 5 aliphatic heterocycles. The lowest BCUT2D eigenvalue weighted by molar-refractivity contribution is -0.126. The first-order valence-corrected chi connectivity index (χ1v) is 24.6. The molecule has 2 aromatic carbocycles. The van der Waals surface area contributed by atoms with Crippen LogP contribution in [0.25, 0.3) is 0 Å². The summed E-state index contributed by atoms with van der Waals surface area (Å²) in [6, 6.07) is 10.8. The molecule has 15 heteroatoms. The molecule has 0 spiro atoms. The maximum Gasteiger partial charge on any atom is 0.407 e. The number of carbonyl (C=O) groups excluding carboxylic acids is 2. The number of amides is 2. The zero-order valence-corrected chi connectivity index (χ0v) is 37.1. The first kappa shape index (κ1) is 44.9. The number of benzene rings is 2. The number of methoxy groups -OCH3 is 1. The van der Waals surface area contributed by atoms with Crippen LogP contribution in [0.4, 0.5) is 23.7 Å². The van der Waals surface area contributed by atoms with E-state index in [1.165, 1.54) is 31.7 Å². The summed E-state index contributed by atoms with van der Waals surface area (Å²) in [7, 11) is -2.55. The summed E-state index contributed by atoms with van der Waals surface area (Å²) in [6.07, 6.45) is 12.8. The zero-order valence-electron chi connectivity index (χ0n) is 36.3. The Kier molecular flexibility index (Phi) is 13.9. The fraction of sp³-hybridized carbons (Fsp3) is 0.660. The summed E-state index contributed by atoms with van der Waals surface area (Å²) >= 11 is 0. The van der Waals surface area contributed by atoms with Crippen molar-refractivity contribution in [3.63, 3.8) is 0 Å². The van der Waals surface area contributed by atoms with E-state index in [0.717, 1.165) is 95.7 Å². The molecule has 2 amide bonds. The molecular weight excluding hydrogens is 818 g/mol. The van der Waals surface area contributed by atoms with Crippen molar-refractivity contribution in [2.24, 2.45) is 11.8 Å². The molecule has 1 N–H and O–H groups in total. The summed E-state index contributed by atoms with van der Waals surface area (Å²) in [4.78, 5) is 35.5. The summed E-state index contributed by atoms with van der Waals surface area (Å²) in [5.74, 6) is -0.937. The van der Waals surface area contributed by atoms with Crippen LogP contribution in [-0.2, 0) is 24.8 Å². The van der Waals surface area contributed by atoms with Crippen molar-refractivity contribution in [2.45, 2.75) is 97.9 Å². The third-order valence-electron chi connectivity index (χ3n) is 15.0. The van der Waals surface area contributed by atoms with Gasteiger partial charge in [0.15, 0.2) is 15.5 Å². The van der Waals surface area contributed by atoms with E-state index in [0.29, 0.717) is 39.0 Å². The van der Waals surface area contributed by atoms with Gasteiger partial charge >= 0.3 is 6.09 Å². The lowest BCUT2D eigenvalue weighted by atomic mass is 9.57. The van der Waals surface area contributed by atoms with Crippen molar-refractivity contribution >= 4 is 27.5 Å². The van der Waals surface area contributed by atoms with E-state index in [4.69, 9.17) is 4.74 Å². The molecule has 6 fully saturated rings. The molecule has 11 nitrogen and oxygen atoms in total. The number of likely N-dealkylation sites (tertiary alicyclic amines) is 4. The molecule has 62 heavy (non-hydrogen) atoms. The minimum atomic E-state index is -3.93. The Balaban J connectivity index is 0.885. The normalized spacial score (nSPS) is 26.5. The number of rotatable bonds is 14. The largest absolute Gasteiger partial charge is 0.453 e. The number of nitrogens with one attached hydrogen (secondary N) is 1. The maximum atomic E-state index is 16.4. The van der Waals surface area contributed by atoms with Gasteiger partial charge in [-0.25, -0.2) is 26.4 Å². The number of piperidine rings is 3. The number of halogens is 3. The van der Waals surface area contributed by atoms with Gasteiger partial charge in [-0.3, -0.25) is 14.6 Å². The molecule has 0 aromatic heterocycles. The Morgan fingerprint density at radius 1 is 0.855 bits per heavy atom. The number of sulfone groups is 1. The highest BCUT2D eigenvalue weighted by Crippen LogP contribution is 2.52. The van der Waals surface area contributed by atoms with Crippen LogP contribution in [-0.4, -0.2) is 149 Å². The average molecular weight is 883 g/mol. The van der Waals surface area contributed by atoms with E-state index in [2.05, 4.69) is 20.0 Å². The van der Waals surface area contributed by atoms with E-state index < -0.39 is 38.1 Å². The molecular formula is C47H65F3N6O5S. The predicted octanol–water partition coefficient (Wildman–Crippen LogP) is 6.18. The maximum absolute atomic E-state index is 16.4. The van der Waals surface area contributed by atoms with E-state index in [-0.39, 0.29) is 66.4 Å². The van der Waals surface area contributed by atoms with Gasteiger partial charge in [0.2, 0.25) is 5.91 Å². The quantitative estimate of drug-likeness (QED) is 0.223. The number of hydrogen-bond acceptors (Lipinski definition) is 9. The molecule has 0 bridgehead atoms. The zero-order chi connectivity index (χ0) is 43.5. The molecule has 1 saturated carbocycles. The van der Waals surface area contributed by atoms with Gasteiger partial charge in [-0.1, -0.05) is 31.1 Å². The Labute approximate surface area is 365 Å². The average Bonchev–Trinajstić information content (AvgIpc) is 3.71. The topological polar surface area (TPSA) is 106 Å². The van der Waals surface area contributed by atoms with Gasteiger partial charge in [-0.05, 0) is 145 Å². The van der Waals surface area contributed by atoms with Gasteiger partial charge < -0.3 is 24.8 Å². The van der Waals surface area contributed by atoms with Gasteiger partial charge in [0, 0.05) is 50.3 Å². The number of carbonyl (C=O) groups is 2. The number of ether oxygens (including phenoxy) is 1. The summed E-state index contributed by atoms with van der Waals surface area (Å²) in [5, 5.41) is 2.29. The number of nitrogens with zero attached hydrogens (tertiary/aromatic N) is 5. The molecule has 2 aromatic rings. The molecule has 5 heterocycles. The number of hydrogen-bond donors (Lipinski definition) is 1. The van der Waals surface area contributed by atoms with Crippen LogP contribution in [0.3, 0.4) is 0 Å². The first-order valence-electron chi connectivity index (χ1n) is 23.1. The smallest absolute Gasteiger partial charge is 0.407 e. The van der Waals surface area contributed by atoms with Crippen molar-refractivity contribution < 1.29 is 35.9 Å². The van der Waals surface area contributed by atoms with Crippen molar-refractivity contribution in [3.8, 4) is 0 Å². The van der Waals surface area contributed by atoms with Crippen LogP contribution >= 0.6 is 0 Å². The molecule has 5 saturated heterocycles. The Morgan fingerprint density at radius 2 is 1.61 bits per heavy atom. The fourth-order valence-electron chi connectivity index (χ4n) is 11.7. The molecule has 0 radical (unpaired) electrons. The van der Waals surface area contributed by atoms with Crippen LogP contribution < -0.4 is 10.2 Å². The van der Waals surface area contributed by atoms with Crippen LogP contribution in [0, 0.1) is 23.5 Å². The molecule has 1 aliphatic carbocycles. The lowest BCUT2D eigenvalue weighted by Crippen LogP contribution is -2.65. The molecule has 0 unspecified atom stereocenters. The first-order chi connectivity index (χ1) is 29.9. The second-order valence-corrected chi connectivity index (χ2v) is 21.2. The second-order valence-electron chi connectivity index (χ2n) is 19.0. The highest BCUT2D eigenvalue weighted by atomic mass is 32.2. The lowest BCUT2D eigenvalue weighted by Gasteiger charge is -2.54. The van der Waals surface area contributed by atoms with Crippen LogP contribution in [0.2, 0.25) is 0 Å². The fourth-order valence-corrected chi connectivity index (χ4v) is 13.5. The number of anilines is 1. The van der Waals surface area contributed by atoms with Crippen molar-refractivity contribution in [2.75, 3.05) is 97.1 Å². The molecule has 6 aliphatic rings. The van der Waals surface area contributed by atoms with E-state index >= 15 is 13.2 Å².